The van der Waals surface area contributed by atoms with Crippen molar-refractivity contribution in [1.29, 1.82) is 0 Å². The first-order chi connectivity index (χ1) is 28.8. The summed E-state index contributed by atoms with van der Waals surface area (Å²) in [7, 11) is 0. The molecular formula is C56H32O2. The molecule has 0 spiro atoms. The molecule has 11 aromatic carbocycles. The first kappa shape index (κ1) is 31.5. The van der Waals surface area contributed by atoms with E-state index in [2.05, 4.69) is 182 Å². The minimum Gasteiger partial charge on any atom is -0.452 e. The first-order valence-corrected chi connectivity index (χ1v) is 19.9. The molecule has 13 rings (SSSR count). The van der Waals surface area contributed by atoms with Crippen molar-refractivity contribution < 1.29 is 8.83 Å². The minimum atomic E-state index is 0.794. The topological polar surface area (TPSA) is 26.3 Å². The SMILES string of the molecule is c1ccc2c(-c3c4ccccc4c(-c4ccc5cc(-c6cc7c8ccc9c%10ccccc%10oc9c8oc7c7ccccc67)ccc5c4)c4ccccc34)cccc2c1. The van der Waals surface area contributed by atoms with E-state index in [0.29, 0.717) is 0 Å². The summed E-state index contributed by atoms with van der Waals surface area (Å²) >= 11 is 0. The van der Waals surface area contributed by atoms with Gasteiger partial charge >= 0.3 is 0 Å². The van der Waals surface area contributed by atoms with Crippen LogP contribution in [0.5, 0.6) is 0 Å². The van der Waals surface area contributed by atoms with Gasteiger partial charge in [-0.2, -0.15) is 0 Å². The fraction of sp³-hybridized carbons (Fsp3) is 0. The van der Waals surface area contributed by atoms with E-state index >= 15 is 0 Å². The molecule has 0 bridgehead atoms. The van der Waals surface area contributed by atoms with E-state index in [9.17, 15) is 0 Å². The second kappa shape index (κ2) is 11.9. The average Bonchev–Trinajstić information content (AvgIpc) is 3.86. The lowest BCUT2D eigenvalue weighted by atomic mass is 9.84. The predicted octanol–water partition coefficient (Wildman–Crippen LogP) is 16.3. The number of para-hydroxylation sites is 1. The van der Waals surface area contributed by atoms with Gasteiger partial charge in [-0.05, 0) is 118 Å². The van der Waals surface area contributed by atoms with Gasteiger partial charge in [0.1, 0.15) is 11.2 Å². The zero-order valence-corrected chi connectivity index (χ0v) is 31.3. The molecule has 58 heavy (non-hydrogen) atoms. The molecule has 2 aromatic heterocycles. The second-order valence-corrected chi connectivity index (χ2v) is 15.5. The van der Waals surface area contributed by atoms with Gasteiger partial charge in [0, 0.05) is 26.9 Å². The Morgan fingerprint density at radius 1 is 0.241 bits per heavy atom. The molecular weight excluding hydrogens is 705 g/mol. The van der Waals surface area contributed by atoms with Crippen LogP contribution in [0.25, 0.3) is 131 Å². The molecule has 2 nitrogen and oxygen atoms in total. The molecule has 2 heterocycles. The van der Waals surface area contributed by atoms with E-state index in [4.69, 9.17) is 8.83 Å². The Morgan fingerprint density at radius 2 is 0.759 bits per heavy atom. The van der Waals surface area contributed by atoms with E-state index in [-0.39, 0.29) is 0 Å². The maximum absolute atomic E-state index is 6.74. The van der Waals surface area contributed by atoms with Gasteiger partial charge in [0.2, 0.25) is 0 Å². The van der Waals surface area contributed by atoms with Gasteiger partial charge in [0.25, 0.3) is 0 Å². The molecule has 0 amide bonds. The minimum absolute atomic E-state index is 0.794. The van der Waals surface area contributed by atoms with E-state index < -0.39 is 0 Å². The summed E-state index contributed by atoms with van der Waals surface area (Å²) in [5.74, 6) is 0. The van der Waals surface area contributed by atoms with E-state index in [1.807, 2.05) is 12.1 Å². The number of benzene rings is 11. The highest BCUT2D eigenvalue weighted by molar-refractivity contribution is 6.26. The van der Waals surface area contributed by atoms with E-state index in [1.165, 1.54) is 76.5 Å². The lowest BCUT2D eigenvalue weighted by molar-refractivity contribution is 0.635. The van der Waals surface area contributed by atoms with Gasteiger partial charge in [-0.15, -0.1) is 0 Å². The van der Waals surface area contributed by atoms with Gasteiger partial charge in [0.05, 0.1) is 0 Å². The smallest absolute Gasteiger partial charge is 0.178 e. The molecule has 2 heteroatoms. The lowest BCUT2D eigenvalue weighted by Crippen LogP contribution is -1.91. The van der Waals surface area contributed by atoms with Gasteiger partial charge < -0.3 is 8.83 Å². The van der Waals surface area contributed by atoms with Crippen molar-refractivity contribution in [2.75, 3.05) is 0 Å². The largest absolute Gasteiger partial charge is 0.452 e. The Morgan fingerprint density at radius 3 is 1.50 bits per heavy atom. The normalized spacial score (nSPS) is 12.1. The number of fused-ring (bicyclic) bond motifs is 13. The van der Waals surface area contributed by atoms with Crippen molar-refractivity contribution in [3.63, 3.8) is 0 Å². The molecule has 0 aliphatic heterocycles. The highest BCUT2D eigenvalue weighted by Gasteiger charge is 2.21. The molecule has 0 aliphatic carbocycles. The van der Waals surface area contributed by atoms with Crippen LogP contribution in [-0.4, -0.2) is 0 Å². The average molecular weight is 737 g/mol. The summed E-state index contributed by atoms with van der Waals surface area (Å²) in [6.45, 7) is 0. The number of hydrogen-bond acceptors (Lipinski definition) is 2. The molecule has 0 aliphatic rings. The zero-order chi connectivity index (χ0) is 37.9. The summed E-state index contributed by atoms with van der Waals surface area (Å²) in [5, 5.41) is 16.5. The predicted molar refractivity (Wildman–Crippen MR) is 245 cm³/mol. The Labute approximate surface area is 332 Å². The van der Waals surface area contributed by atoms with Crippen molar-refractivity contribution in [2.45, 2.75) is 0 Å². The maximum Gasteiger partial charge on any atom is 0.178 e. The third-order valence-corrected chi connectivity index (χ3v) is 12.4. The van der Waals surface area contributed by atoms with Crippen LogP contribution < -0.4 is 0 Å². The van der Waals surface area contributed by atoms with Crippen LogP contribution in [0.3, 0.4) is 0 Å². The number of hydrogen-bond donors (Lipinski definition) is 0. The summed E-state index contributed by atoms with van der Waals surface area (Å²) in [6, 6.07) is 70.6. The lowest BCUT2D eigenvalue weighted by Gasteiger charge is -2.19. The van der Waals surface area contributed by atoms with Gasteiger partial charge in [-0.25, -0.2) is 0 Å². The van der Waals surface area contributed by atoms with Gasteiger partial charge in [-0.1, -0.05) is 158 Å². The molecule has 268 valence electrons. The quantitative estimate of drug-likeness (QED) is 0.169. The van der Waals surface area contributed by atoms with E-state index in [1.54, 1.807) is 0 Å². The van der Waals surface area contributed by atoms with Gasteiger partial charge in [0.15, 0.2) is 11.2 Å². The summed E-state index contributed by atoms with van der Waals surface area (Å²) in [4.78, 5) is 0. The number of rotatable bonds is 3. The Bertz CT molecular complexity index is 3800. The standard InChI is InChI=1S/C56H32O2/c1-2-14-38-33(12-1)13-11-22-41(38)53-44-19-6-4-17-42(44)52(43-18-5-7-20-45(43)53)37-27-25-34-30-36(26-24-35(34)31-37)49-32-50-48-29-28-47-40-16-9-10-23-51(40)57-55(47)56(48)58-54(50)46-21-8-3-15-39(46)49/h1-32H. The fourth-order valence-corrected chi connectivity index (χ4v) is 9.82. The molecule has 0 radical (unpaired) electrons. The van der Waals surface area contributed by atoms with Crippen LogP contribution in [0, 0.1) is 0 Å². The van der Waals surface area contributed by atoms with Crippen LogP contribution in [-0.2, 0) is 0 Å². The highest BCUT2D eigenvalue weighted by Crippen LogP contribution is 2.47. The van der Waals surface area contributed by atoms with Crippen LogP contribution in [0.1, 0.15) is 0 Å². The van der Waals surface area contributed by atoms with Crippen molar-refractivity contribution in [3.05, 3.63) is 194 Å². The Hall–Kier alpha value is -7.68. The molecule has 0 saturated heterocycles. The summed E-state index contributed by atoms with van der Waals surface area (Å²) < 4.78 is 13.2. The van der Waals surface area contributed by atoms with Crippen molar-refractivity contribution in [1.82, 2.24) is 0 Å². The Kier molecular flexibility index (Phi) is 6.47. The third-order valence-electron chi connectivity index (χ3n) is 12.4. The summed E-state index contributed by atoms with van der Waals surface area (Å²) in [6.07, 6.45) is 0. The fourth-order valence-electron chi connectivity index (χ4n) is 9.82. The van der Waals surface area contributed by atoms with Crippen molar-refractivity contribution >= 4 is 97.7 Å². The second-order valence-electron chi connectivity index (χ2n) is 15.5. The molecule has 0 fully saturated rings. The molecule has 0 unspecified atom stereocenters. The summed E-state index contributed by atoms with van der Waals surface area (Å²) in [5.41, 5.74) is 10.7. The molecule has 0 N–H and O–H groups in total. The molecule has 13 aromatic rings. The highest BCUT2D eigenvalue weighted by atomic mass is 16.4. The maximum atomic E-state index is 6.74. The van der Waals surface area contributed by atoms with Crippen LogP contribution in [0.15, 0.2) is 203 Å². The molecule has 0 atom stereocenters. The third kappa shape index (κ3) is 4.43. The van der Waals surface area contributed by atoms with E-state index in [0.717, 1.165) is 54.6 Å². The van der Waals surface area contributed by atoms with Crippen molar-refractivity contribution in [3.8, 4) is 33.4 Å². The zero-order valence-electron chi connectivity index (χ0n) is 31.3. The van der Waals surface area contributed by atoms with Gasteiger partial charge in [-0.3, -0.25) is 0 Å². The Balaban J connectivity index is 0.993. The van der Waals surface area contributed by atoms with Crippen molar-refractivity contribution in [2.24, 2.45) is 0 Å². The molecule has 0 saturated carbocycles. The monoisotopic (exact) mass is 736 g/mol. The van der Waals surface area contributed by atoms with Crippen LogP contribution in [0.2, 0.25) is 0 Å². The van der Waals surface area contributed by atoms with Crippen LogP contribution in [0.4, 0.5) is 0 Å². The van der Waals surface area contributed by atoms with Crippen LogP contribution >= 0.6 is 0 Å². The first-order valence-electron chi connectivity index (χ1n) is 19.9. The number of furan rings is 2.